The fraction of sp³-hybridized carbons (Fsp3) is 0.385. The lowest BCUT2D eigenvalue weighted by molar-refractivity contribution is -0.137. The molecule has 0 radical (unpaired) electrons. The van der Waals surface area contributed by atoms with Crippen LogP contribution in [0.15, 0.2) is 23.0 Å². The first-order valence-corrected chi connectivity index (χ1v) is 6.10. The lowest BCUT2D eigenvalue weighted by Gasteiger charge is -2.22. The fourth-order valence-electron chi connectivity index (χ4n) is 2.19. The Morgan fingerprint density at radius 3 is 2.74 bits per heavy atom. The molecule has 0 aliphatic heterocycles. The van der Waals surface area contributed by atoms with Gasteiger partial charge in [-0.1, -0.05) is 6.92 Å². The Morgan fingerprint density at radius 1 is 1.37 bits per heavy atom. The summed E-state index contributed by atoms with van der Waals surface area (Å²) in [5.41, 5.74) is 2.23. The highest BCUT2D eigenvalue weighted by atomic mass is 16.4. The number of aromatic amines is 2. The number of hydrogen-bond acceptors (Lipinski definition) is 3. The molecular weight excluding hydrogens is 246 g/mol. The van der Waals surface area contributed by atoms with Gasteiger partial charge < -0.3 is 20.0 Å². The van der Waals surface area contributed by atoms with Gasteiger partial charge in [-0.25, -0.2) is 4.79 Å². The summed E-state index contributed by atoms with van der Waals surface area (Å²) in [7, 11) is 1.91. The molecule has 0 fully saturated rings. The maximum absolute atomic E-state index is 11.2. The number of aliphatic carboxylic acids is 1. The minimum Gasteiger partial charge on any atom is -0.481 e. The Morgan fingerprint density at radius 2 is 2.05 bits per heavy atom. The molecule has 0 saturated heterocycles. The zero-order valence-electron chi connectivity index (χ0n) is 10.9. The van der Waals surface area contributed by atoms with E-state index >= 15 is 0 Å². The summed E-state index contributed by atoms with van der Waals surface area (Å²) in [5, 5.41) is 8.75. The number of nitrogens with zero attached hydrogens (tertiary/aromatic N) is 1. The predicted octanol–water partition coefficient (Wildman–Crippen LogP) is 1.40. The quantitative estimate of drug-likeness (QED) is 0.760. The van der Waals surface area contributed by atoms with Crippen LogP contribution in [0.5, 0.6) is 0 Å². The van der Waals surface area contributed by atoms with E-state index in [0.717, 1.165) is 16.7 Å². The van der Waals surface area contributed by atoms with Gasteiger partial charge in [0.1, 0.15) is 0 Å². The first kappa shape index (κ1) is 13.2. The Labute approximate surface area is 110 Å². The third kappa shape index (κ3) is 3.15. The normalized spacial score (nSPS) is 12.5. The van der Waals surface area contributed by atoms with Crippen LogP contribution in [-0.2, 0) is 4.79 Å². The number of imidazole rings is 1. The van der Waals surface area contributed by atoms with E-state index < -0.39 is 5.97 Å². The van der Waals surface area contributed by atoms with Crippen LogP contribution in [0.4, 0.5) is 5.69 Å². The van der Waals surface area contributed by atoms with Crippen molar-refractivity contribution in [3.05, 3.63) is 28.7 Å². The standard InChI is InChI=1S/C13H17N3O3/c1-8(5-12(17)18)7-16(2)9-3-4-10-11(6-9)15-13(19)14-10/h3-4,6,8H,5,7H2,1-2H3,(H,17,18)(H2,14,15,19). The molecule has 3 N–H and O–H groups in total. The molecule has 2 rings (SSSR count). The molecule has 2 aromatic rings. The minimum atomic E-state index is -0.786. The van der Waals surface area contributed by atoms with Gasteiger partial charge in [0.15, 0.2) is 0 Å². The number of benzene rings is 1. The third-order valence-corrected chi connectivity index (χ3v) is 3.05. The van der Waals surface area contributed by atoms with Gasteiger partial charge in [-0.15, -0.1) is 0 Å². The molecule has 0 bridgehead atoms. The second-order valence-corrected chi connectivity index (χ2v) is 4.89. The van der Waals surface area contributed by atoms with Gasteiger partial charge in [-0.3, -0.25) is 4.79 Å². The molecule has 0 saturated carbocycles. The monoisotopic (exact) mass is 263 g/mol. The van der Waals surface area contributed by atoms with Gasteiger partial charge in [0.25, 0.3) is 0 Å². The fourth-order valence-corrected chi connectivity index (χ4v) is 2.19. The third-order valence-electron chi connectivity index (χ3n) is 3.05. The summed E-state index contributed by atoms with van der Waals surface area (Å²) in [6.45, 7) is 2.55. The summed E-state index contributed by atoms with van der Waals surface area (Å²) < 4.78 is 0. The van der Waals surface area contributed by atoms with Gasteiger partial charge in [0.2, 0.25) is 0 Å². The zero-order valence-corrected chi connectivity index (χ0v) is 10.9. The minimum absolute atomic E-state index is 0.0588. The van der Waals surface area contributed by atoms with Crippen molar-refractivity contribution in [1.82, 2.24) is 9.97 Å². The average molecular weight is 263 g/mol. The Kier molecular flexibility index (Phi) is 3.59. The number of hydrogen-bond donors (Lipinski definition) is 3. The van der Waals surface area contributed by atoms with Crippen molar-refractivity contribution in [1.29, 1.82) is 0 Å². The summed E-state index contributed by atoms with van der Waals surface area (Å²) in [4.78, 5) is 29.2. The van der Waals surface area contributed by atoms with Crippen molar-refractivity contribution >= 4 is 22.7 Å². The molecule has 0 amide bonds. The van der Waals surface area contributed by atoms with Crippen molar-refractivity contribution < 1.29 is 9.90 Å². The van der Waals surface area contributed by atoms with Crippen LogP contribution in [-0.4, -0.2) is 34.6 Å². The molecule has 6 heteroatoms. The number of nitrogens with one attached hydrogen (secondary N) is 2. The van der Waals surface area contributed by atoms with Gasteiger partial charge in [-0.05, 0) is 24.1 Å². The molecule has 1 heterocycles. The first-order valence-electron chi connectivity index (χ1n) is 6.10. The number of carbonyl (C=O) groups is 1. The van der Waals surface area contributed by atoms with E-state index in [9.17, 15) is 9.59 Å². The lowest BCUT2D eigenvalue weighted by atomic mass is 10.1. The molecule has 0 spiro atoms. The van der Waals surface area contributed by atoms with E-state index in [4.69, 9.17) is 5.11 Å². The van der Waals surface area contributed by atoms with Crippen molar-refractivity contribution in [3.8, 4) is 0 Å². The lowest BCUT2D eigenvalue weighted by Crippen LogP contribution is -2.25. The van der Waals surface area contributed by atoms with E-state index in [1.54, 1.807) is 0 Å². The van der Waals surface area contributed by atoms with E-state index in [0.29, 0.717) is 6.54 Å². The number of fused-ring (bicyclic) bond motifs is 1. The second-order valence-electron chi connectivity index (χ2n) is 4.89. The maximum atomic E-state index is 11.2. The highest BCUT2D eigenvalue weighted by Crippen LogP contribution is 2.19. The first-order chi connectivity index (χ1) is 8.95. The van der Waals surface area contributed by atoms with E-state index in [2.05, 4.69) is 9.97 Å². The van der Waals surface area contributed by atoms with Crippen molar-refractivity contribution in [2.24, 2.45) is 5.92 Å². The number of anilines is 1. The van der Waals surface area contributed by atoms with Gasteiger partial charge in [0, 0.05) is 25.7 Å². The molecule has 19 heavy (non-hydrogen) atoms. The second kappa shape index (κ2) is 5.17. The van der Waals surface area contributed by atoms with Crippen LogP contribution in [0, 0.1) is 5.92 Å². The maximum Gasteiger partial charge on any atom is 0.323 e. The summed E-state index contributed by atoms with van der Waals surface area (Å²) in [5.74, 6) is -0.727. The van der Waals surface area contributed by atoms with Crippen LogP contribution >= 0.6 is 0 Å². The number of carboxylic acid groups (broad SMARTS) is 1. The number of carboxylic acids is 1. The average Bonchev–Trinajstić information content (AvgIpc) is 2.66. The van der Waals surface area contributed by atoms with Crippen molar-refractivity contribution in [2.45, 2.75) is 13.3 Å². The SMILES string of the molecule is CC(CC(=O)O)CN(C)c1ccc2[nH]c(=O)[nH]c2c1. The van der Waals surface area contributed by atoms with Crippen LogP contribution in [0.25, 0.3) is 11.0 Å². The molecule has 6 nitrogen and oxygen atoms in total. The molecule has 0 aliphatic rings. The van der Waals surface area contributed by atoms with Crippen LogP contribution in [0.3, 0.4) is 0 Å². The van der Waals surface area contributed by atoms with Crippen LogP contribution < -0.4 is 10.6 Å². The molecular formula is C13H17N3O3. The summed E-state index contributed by atoms with van der Waals surface area (Å²) in [6, 6.07) is 5.61. The topological polar surface area (TPSA) is 89.2 Å². The van der Waals surface area contributed by atoms with Gasteiger partial charge in [-0.2, -0.15) is 0 Å². The molecule has 1 atom stereocenters. The number of H-pyrrole nitrogens is 2. The highest BCUT2D eigenvalue weighted by molar-refractivity contribution is 5.79. The Bertz CT molecular complexity index is 644. The molecule has 1 aromatic heterocycles. The molecule has 0 aliphatic carbocycles. The van der Waals surface area contributed by atoms with E-state index in [1.807, 2.05) is 37.1 Å². The summed E-state index contributed by atoms with van der Waals surface area (Å²) >= 11 is 0. The van der Waals surface area contributed by atoms with E-state index in [1.165, 1.54) is 0 Å². The Balaban J connectivity index is 2.14. The summed E-state index contributed by atoms with van der Waals surface area (Å²) in [6.07, 6.45) is 0.146. The molecule has 1 aromatic carbocycles. The molecule has 1 unspecified atom stereocenters. The Hall–Kier alpha value is -2.24. The van der Waals surface area contributed by atoms with Gasteiger partial charge in [0.05, 0.1) is 11.0 Å². The van der Waals surface area contributed by atoms with Crippen molar-refractivity contribution in [2.75, 3.05) is 18.5 Å². The van der Waals surface area contributed by atoms with E-state index in [-0.39, 0.29) is 18.0 Å². The van der Waals surface area contributed by atoms with Crippen LogP contribution in [0.2, 0.25) is 0 Å². The zero-order chi connectivity index (χ0) is 14.0. The van der Waals surface area contributed by atoms with Crippen molar-refractivity contribution in [3.63, 3.8) is 0 Å². The highest BCUT2D eigenvalue weighted by Gasteiger charge is 2.11. The smallest absolute Gasteiger partial charge is 0.323 e. The predicted molar refractivity (Wildman–Crippen MR) is 73.6 cm³/mol. The number of aromatic nitrogens is 2. The number of rotatable bonds is 5. The largest absolute Gasteiger partial charge is 0.481 e. The molecule has 102 valence electrons. The van der Waals surface area contributed by atoms with Gasteiger partial charge >= 0.3 is 11.7 Å². The van der Waals surface area contributed by atoms with Crippen LogP contribution in [0.1, 0.15) is 13.3 Å².